The van der Waals surface area contributed by atoms with Crippen LogP contribution in [0.3, 0.4) is 0 Å². The number of hydrogen-bond donors (Lipinski definition) is 1. The summed E-state index contributed by atoms with van der Waals surface area (Å²) in [6, 6.07) is -0.399. The maximum absolute atomic E-state index is 13.2. The van der Waals surface area contributed by atoms with Gasteiger partial charge in [0, 0.05) is 25.4 Å². The first-order valence-corrected chi connectivity index (χ1v) is 5.29. The first-order valence-electron chi connectivity index (χ1n) is 5.29. The molecule has 1 aliphatic rings. The van der Waals surface area contributed by atoms with Crippen molar-refractivity contribution < 1.29 is 13.6 Å². The topological polar surface area (TPSA) is 46.3 Å². The fourth-order valence-electron chi connectivity index (χ4n) is 2.04. The summed E-state index contributed by atoms with van der Waals surface area (Å²) in [5.41, 5.74) is 5.22. The van der Waals surface area contributed by atoms with Crippen molar-refractivity contribution in [2.24, 2.45) is 11.7 Å². The van der Waals surface area contributed by atoms with Crippen LogP contribution in [0, 0.1) is 5.92 Å². The average Bonchev–Trinajstić information content (AvgIpc) is 2.12. The first kappa shape index (κ1) is 12.4. The third-order valence-electron chi connectivity index (χ3n) is 3.12. The van der Waals surface area contributed by atoms with Gasteiger partial charge < -0.3 is 5.73 Å². The van der Waals surface area contributed by atoms with Crippen molar-refractivity contribution in [3.8, 4) is 0 Å². The molecule has 0 aromatic heterocycles. The van der Waals surface area contributed by atoms with Crippen LogP contribution in [0.2, 0.25) is 0 Å². The number of nitrogens with two attached hydrogens (primary N) is 1. The van der Waals surface area contributed by atoms with Crippen molar-refractivity contribution in [1.29, 1.82) is 0 Å². The number of carbonyl (C=O) groups is 1. The molecular formula is C10H18F2N2O. The number of piperidine rings is 1. The summed E-state index contributed by atoms with van der Waals surface area (Å²) >= 11 is 0. The van der Waals surface area contributed by atoms with Gasteiger partial charge >= 0.3 is 0 Å². The maximum atomic E-state index is 13.2. The van der Waals surface area contributed by atoms with Crippen LogP contribution in [0.4, 0.5) is 8.78 Å². The standard InChI is InChI=1S/C10H18F2N2O/c1-3-8(9(13)15)14-5-4-10(11,12)7(2)6-14/h7-8H,3-6H2,1-2H3,(H2,13,15)/t7-,8+/m1/s1. The molecule has 0 aromatic rings. The van der Waals surface area contributed by atoms with E-state index >= 15 is 0 Å². The predicted molar refractivity (Wildman–Crippen MR) is 53.6 cm³/mol. The zero-order valence-corrected chi connectivity index (χ0v) is 9.17. The van der Waals surface area contributed by atoms with Crippen LogP contribution in [0.1, 0.15) is 26.7 Å². The third kappa shape index (κ3) is 2.65. The highest BCUT2D eigenvalue weighted by atomic mass is 19.3. The Morgan fingerprint density at radius 1 is 1.67 bits per heavy atom. The second kappa shape index (κ2) is 4.43. The molecule has 0 radical (unpaired) electrons. The Morgan fingerprint density at radius 3 is 2.67 bits per heavy atom. The van der Waals surface area contributed by atoms with E-state index in [-0.39, 0.29) is 19.5 Å². The molecule has 0 bridgehead atoms. The molecule has 15 heavy (non-hydrogen) atoms. The average molecular weight is 220 g/mol. The summed E-state index contributed by atoms with van der Waals surface area (Å²) in [5.74, 6) is -3.73. The fraction of sp³-hybridized carbons (Fsp3) is 0.900. The summed E-state index contributed by atoms with van der Waals surface area (Å²) in [7, 11) is 0. The molecule has 2 atom stereocenters. The fourth-order valence-corrected chi connectivity index (χ4v) is 2.04. The van der Waals surface area contributed by atoms with Crippen LogP contribution in [-0.2, 0) is 4.79 Å². The van der Waals surface area contributed by atoms with Gasteiger partial charge in [-0.2, -0.15) is 0 Å². The number of carbonyl (C=O) groups excluding carboxylic acids is 1. The lowest BCUT2D eigenvalue weighted by molar-refractivity contribution is -0.132. The van der Waals surface area contributed by atoms with Crippen molar-refractivity contribution in [2.45, 2.75) is 38.7 Å². The Bertz CT molecular complexity index is 246. The predicted octanol–water partition coefficient (Wildman–Crippen LogP) is 1.23. The van der Waals surface area contributed by atoms with Crippen LogP contribution < -0.4 is 5.73 Å². The van der Waals surface area contributed by atoms with E-state index in [1.165, 1.54) is 6.92 Å². The van der Waals surface area contributed by atoms with E-state index in [9.17, 15) is 13.6 Å². The largest absolute Gasteiger partial charge is 0.368 e. The Kier molecular flexibility index (Phi) is 3.65. The van der Waals surface area contributed by atoms with Gasteiger partial charge in [-0.1, -0.05) is 13.8 Å². The van der Waals surface area contributed by atoms with Gasteiger partial charge in [-0.15, -0.1) is 0 Å². The highest BCUT2D eigenvalue weighted by Crippen LogP contribution is 2.33. The number of amides is 1. The van der Waals surface area contributed by atoms with Crippen molar-refractivity contribution in [2.75, 3.05) is 13.1 Å². The molecule has 2 N–H and O–H groups in total. The summed E-state index contributed by atoms with van der Waals surface area (Å²) in [6.07, 6.45) is 0.394. The summed E-state index contributed by atoms with van der Waals surface area (Å²) in [4.78, 5) is 12.9. The lowest BCUT2D eigenvalue weighted by atomic mass is 9.94. The molecule has 0 aromatic carbocycles. The number of alkyl halides is 2. The van der Waals surface area contributed by atoms with Gasteiger partial charge in [0.15, 0.2) is 0 Å². The molecule has 0 aliphatic carbocycles. The zero-order chi connectivity index (χ0) is 11.6. The van der Waals surface area contributed by atoms with Gasteiger partial charge in [0.1, 0.15) is 0 Å². The lowest BCUT2D eigenvalue weighted by Crippen LogP contribution is -2.53. The molecule has 1 rings (SSSR count). The molecule has 0 saturated carbocycles. The molecule has 0 unspecified atom stereocenters. The van der Waals surface area contributed by atoms with Crippen LogP contribution in [0.15, 0.2) is 0 Å². The number of primary amides is 1. The number of likely N-dealkylation sites (tertiary alicyclic amines) is 1. The molecule has 5 heteroatoms. The van der Waals surface area contributed by atoms with Gasteiger partial charge in [-0.05, 0) is 6.42 Å². The Morgan fingerprint density at radius 2 is 2.27 bits per heavy atom. The monoisotopic (exact) mass is 220 g/mol. The number of rotatable bonds is 3. The Labute approximate surface area is 88.6 Å². The third-order valence-corrected chi connectivity index (χ3v) is 3.12. The molecule has 1 aliphatic heterocycles. The van der Waals surface area contributed by atoms with Gasteiger partial charge in [0.25, 0.3) is 5.92 Å². The minimum atomic E-state index is -2.60. The lowest BCUT2D eigenvalue weighted by Gasteiger charge is -2.39. The van der Waals surface area contributed by atoms with E-state index in [0.717, 1.165) is 0 Å². The molecule has 1 fully saturated rings. The molecule has 1 heterocycles. The van der Waals surface area contributed by atoms with Crippen LogP contribution in [-0.4, -0.2) is 35.9 Å². The van der Waals surface area contributed by atoms with Crippen LogP contribution >= 0.6 is 0 Å². The number of halogens is 2. The van der Waals surface area contributed by atoms with Gasteiger partial charge in [0.2, 0.25) is 5.91 Å². The zero-order valence-electron chi connectivity index (χ0n) is 9.17. The highest BCUT2D eigenvalue weighted by Gasteiger charge is 2.43. The Hall–Kier alpha value is -0.710. The summed E-state index contributed by atoms with van der Waals surface area (Å²) < 4.78 is 26.4. The van der Waals surface area contributed by atoms with Crippen LogP contribution in [0.25, 0.3) is 0 Å². The summed E-state index contributed by atoms with van der Waals surface area (Å²) in [5, 5.41) is 0. The second-order valence-electron chi connectivity index (χ2n) is 4.23. The van der Waals surface area contributed by atoms with Gasteiger partial charge in [-0.25, -0.2) is 8.78 Å². The van der Waals surface area contributed by atoms with Gasteiger partial charge in [-0.3, -0.25) is 9.69 Å². The van der Waals surface area contributed by atoms with E-state index in [4.69, 9.17) is 5.73 Å². The van der Waals surface area contributed by atoms with E-state index in [0.29, 0.717) is 6.42 Å². The smallest absolute Gasteiger partial charge is 0.253 e. The SMILES string of the molecule is CC[C@@H](C(N)=O)N1CCC(F)(F)[C@H](C)C1. The van der Waals surface area contributed by atoms with E-state index < -0.39 is 23.8 Å². The van der Waals surface area contributed by atoms with Crippen molar-refractivity contribution >= 4 is 5.91 Å². The van der Waals surface area contributed by atoms with Crippen molar-refractivity contribution in [3.05, 3.63) is 0 Å². The number of nitrogens with zero attached hydrogens (tertiary/aromatic N) is 1. The van der Waals surface area contributed by atoms with Gasteiger partial charge in [0.05, 0.1) is 6.04 Å². The molecule has 1 amide bonds. The highest BCUT2D eigenvalue weighted by molar-refractivity contribution is 5.79. The van der Waals surface area contributed by atoms with E-state index in [1.807, 2.05) is 6.92 Å². The number of hydrogen-bond acceptors (Lipinski definition) is 2. The Balaban J connectivity index is 2.64. The van der Waals surface area contributed by atoms with Crippen LogP contribution in [0.5, 0.6) is 0 Å². The molecule has 1 saturated heterocycles. The molecular weight excluding hydrogens is 202 g/mol. The first-order chi connectivity index (χ1) is 6.88. The van der Waals surface area contributed by atoms with Crippen molar-refractivity contribution in [3.63, 3.8) is 0 Å². The van der Waals surface area contributed by atoms with Crippen molar-refractivity contribution in [1.82, 2.24) is 4.90 Å². The minimum absolute atomic E-state index is 0.183. The minimum Gasteiger partial charge on any atom is -0.368 e. The summed E-state index contributed by atoms with van der Waals surface area (Å²) in [6.45, 7) is 3.85. The molecule has 88 valence electrons. The molecule has 3 nitrogen and oxygen atoms in total. The normalized spacial score (nSPS) is 28.7. The maximum Gasteiger partial charge on any atom is 0.253 e. The second-order valence-corrected chi connectivity index (χ2v) is 4.23. The van der Waals surface area contributed by atoms with E-state index in [1.54, 1.807) is 4.90 Å². The quantitative estimate of drug-likeness (QED) is 0.777. The van der Waals surface area contributed by atoms with E-state index in [2.05, 4.69) is 0 Å². The molecule has 0 spiro atoms.